The number of nitrogens with zero attached hydrogens (tertiary/aromatic N) is 2. The van der Waals surface area contributed by atoms with Gasteiger partial charge in [0.2, 0.25) is 5.91 Å². The molecule has 1 saturated heterocycles. The molecule has 0 unspecified atom stereocenters. The molecule has 2 N–H and O–H groups in total. The number of carbonyl (C=O) groups is 2. The maximum atomic E-state index is 13.2. The Labute approximate surface area is 201 Å². The number of aromatic nitrogens is 1. The molecule has 5 rings (SSSR count). The minimum Gasteiger partial charge on any atom is -0.379 e. The average Bonchev–Trinajstić information content (AvgIpc) is 3.40. The Balaban J connectivity index is 1.29. The Morgan fingerprint density at radius 2 is 1.68 bits per heavy atom. The fraction of sp³-hybridized carbons (Fsp3) is 0.192. The predicted octanol–water partition coefficient (Wildman–Crippen LogP) is 4.49. The summed E-state index contributed by atoms with van der Waals surface area (Å²) in [6, 6.07) is 20.6. The SMILES string of the molecule is O=C(CN1CCOCC1)Nc1ccc(NC(=O)c2cc(-c3cccs3)nc3ccccc23)cc1. The maximum Gasteiger partial charge on any atom is 0.256 e. The van der Waals surface area contributed by atoms with Crippen molar-refractivity contribution in [3.63, 3.8) is 0 Å². The van der Waals surface area contributed by atoms with E-state index in [1.54, 1.807) is 35.6 Å². The number of para-hydroxylation sites is 1. The summed E-state index contributed by atoms with van der Waals surface area (Å²) in [5, 5.41) is 8.67. The Morgan fingerprint density at radius 3 is 2.41 bits per heavy atom. The van der Waals surface area contributed by atoms with E-state index in [2.05, 4.69) is 15.5 Å². The van der Waals surface area contributed by atoms with E-state index in [0.29, 0.717) is 36.7 Å². The van der Waals surface area contributed by atoms with Crippen molar-refractivity contribution in [3.8, 4) is 10.6 Å². The highest BCUT2D eigenvalue weighted by Gasteiger charge is 2.16. The van der Waals surface area contributed by atoms with E-state index in [4.69, 9.17) is 9.72 Å². The van der Waals surface area contributed by atoms with Crippen LogP contribution in [0.5, 0.6) is 0 Å². The lowest BCUT2D eigenvalue weighted by Gasteiger charge is -2.25. The molecular formula is C26H24N4O3S. The molecule has 7 nitrogen and oxygen atoms in total. The highest BCUT2D eigenvalue weighted by Crippen LogP contribution is 2.28. The van der Waals surface area contributed by atoms with E-state index in [-0.39, 0.29) is 11.8 Å². The van der Waals surface area contributed by atoms with Crippen molar-refractivity contribution < 1.29 is 14.3 Å². The summed E-state index contributed by atoms with van der Waals surface area (Å²) in [4.78, 5) is 33.3. The molecule has 3 heterocycles. The molecule has 172 valence electrons. The molecule has 2 aromatic heterocycles. The molecule has 0 atom stereocenters. The number of carbonyl (C=O) groups excluding carboxylic acids is 2. The number of morpholine rings is 1. The summed E-state index contributed by atoms with van der Waals surface area (Å²) >= 11 is 1.59. The zero-order chi connectivity index (χ0) is 23.3. The van der Waals surface area contributed by atoms with E-state index >= 15 is 0 Å². The van der Waals surface area contributed by atoms with Gasteiger partial charge in [-0.15, -0.1) is 11.3 Å². The highest BCUT2D eigenvalue weighted by molar-refractivity contribution is 7.13. The quantitative estimate of drug-likeness (QED) is 0.432. The number of hydrogen-bond donors (Lipinski definition) is 2. The van der Waals surface area contributed by atoms with Gasteiger partial charge in [0.25, 0.3) is 5.91 Å². The lowest BCUT2D eigenvalue weighted by Crippen LogP contribution is -2.41. The van der Waals surface area contributed by atoms with Crippen LogP contribution < -0.4 is 10.6 Å². The molecule has 4 aromatic rings. The zero-order valence-electron chi connectivity index (χ0n) is 18.5. The van der Waals surface area contributed by atoms with Gasteiger partial charge in [-0.05, 0) is 47.8 Å². The summed E-state index contributed by atoms with van der Waals surface area (Å²) in [5.74, 6) is -0.274. The second-order valence-electron chi connectivity index (χ2n) is 8.02. The number of amides is 2. The fourth-order valence-corrected chi connectivity index (χ4v) is 4.60. The average molecular weight is 473 g/mol. The van der Waals surface area contributed by atoms with Crippen molar-refractivity contribution in [1.82, 2.24) is 9.88 Å². The van der Waals surface area contributed by atoms with Gasteiger partial charge in [0.15, 0.2) is 0 Å². The van der Waals surface area contributed by atoms with Crippen LogP contribution in [0.2, 0.25) is 0 Å². The number of hydrogen-bond acceptors (Lipinski definition) is 6. The number of anilines is 2. The lowest BCUT2D eigenvalue weighted by molar-refractivity contribution is -0.118. The highest BCUT2D eigenvalue weighted by atomic mass is 32.1. The third-order valence-corrected chi connectivity index (χ3v) is 6.52. The molecule has 1 fully saturated rings. The summed E-state index contributed by atoms with van der Waals surface area (Å²) < 4.78 is 5.31. The van der Waals surface area contributed by atoms with Gasteiger partial charge in [-0.3, -0.25) is 14.5 Å². The first kappa shape index (κ1) is 22.2. The summed E-state index contributed by atoms with van der Waals surface area (Å²) in [7, 11) is 0. The number of ether oxygens (including phenoxy) is 1. The molecule has 0 radical (unpaired) electrons. The second kappa shape index (κ2) is 10.1. The Bertz CT molecular complexity index is 1300. The first-order valence-corrected chi connectivity index (χ1v) is 12.0. The molecule has 0 bridgehead atoms. The van der Waals surface area contributed by atoms with Crippen molar-refractivity contribution >= 4 is 45.4 Å². The molecule has 0 saturated carbocycles. The van der Waals surface area contributed by atoms with Crippen molar-refractivity contribution in [3.05, 3.63) is 77.7 Å². The zero-order valence-corrected chi connectivity index (χ0v) is 19.3. The smallest absolute Gasteiger partial charge is 0.256 e. The van der Waals surface area contributed by atoms with Gasteiger partial charge in [0.05, 0.1) is 41.4 Å². The first-order valence-electron chi connectivity index (χ1n) is 11.1. The van der Waals surface area contributed by atoms with Crippen LogP contribution in [-0.2, 0) is 9.53 Å². The molecule has 0 aliphatic carbocycles. The summed E-state index contributed by atoms with van der Waals surface area (Å²) in [5.41, 5.74) is 3.45. The Hall–Kier alpha value is -3.59. The topological polar surface area (TPSA) is 83.6 Å². The number of pyridine rings is 1. The standard InChI is InChI=1S/C26H24N4O3S/c31-25(17-30-11-13-33-14-12-30)27-18-7-9-19(10-8-18)28-26(32)21-16-23(24-6-3-15-34-24)29-22-5-2-1-4-20(21)22/h1-10,15-16H,11-14,17H2,(H,27,31)(H,28,32). The van der Waals surface area contributed by atoms with Crippen LogP contribution >= 0.6 is 11.3 Å². The predicted molar refractivity (Wildman–Crippen MR) is 135 cm³/mol. The van der Waals surface area contributed by atoms with Crippen molar-refractivity contribution in [1.29, 1.82) is 0 Å². The molecule has 1 aliphatic heterocycles. The normalized spacial score (nSPS) is 14.1. The van der Waals surface area contributed by atoms with Gasteiger partial charge in [-0.25, -0.2) is 4.98 Å². The Kier molecular flexibility index (Phi) is 6.62. The van der Waals surface area contributed by atoms with E-state index in [1.165, 1.54) is 0 Å². The monoisotopic (exact) mass is 472 g/mol. The van der Waals surface area contributed by atoms with Gasteiger partial charge in [0.1, 0.15) is 0 Å². The third-order valence-electron chi connectivity index (χ3n) is 5.63. The largest absolute Gasteiger partial charge is 0.379 e. The molecule has 1 aliphatic rings. The minimum absolute atomic E-state index is 0.0666. The van der Waals surface area contributed by atoms with Crippen LogP contribution in [0.15, 0.2) is 72.1 Å². The second-order valence-corrected chi connectivity index (χ2v) is 8.97. The number of benzene rings is 2. The first-order chi connectivity index (χ1) is 16.7. The van der Waals surface area contributed by atoms with Crippen molar-refractivity contribution in [2.75, 3.05) is 43.5 Å². The lowest BCUT2D eigenvalue weighted by atomic mass is 10.1. The molecular weight excluding hydrogens is 448 g/mol. The van der Waals surface area contributed by atoms with Gasteiger partial charge >= 0.3 is 0 Å². The number of rotatable bonds is 6. The minimum atomic E-state index is -0.208. The van der Waals surface area contributed by atoms with Gasteiger partial charge in [-0.1, -0.05) is 24.3 Å². The van der Waals surface area contributed by atoms with Crippen molar-refractivity contribution in [2.24, 2.45) is 0 Å². The molecule has 2 amide bonds. The number of fused-ring (bicyclic) bond motifs is 1. The van der Waals surface area contributed by atoms with Gasteiger partial charge in [0, 0.05) is 29.9 Å². The van der Waals surface area contributed by atoms with Crippen LogP contribution in [0.4, 0.5) is 11.4 Å². The van der Waals surface area contributed by atoms with Gasteiger partial charge in [-0.2, -0.15) is 0 Å². The van der Waals surface area contributed by atoms with Crippen LogP contribution in [-0.4, -0.2) is 54.5 Å². The molecule has 0 spiro atoms. The summed E-state index contributed by atoms with van der Waals surface area (Å²) in [6.45, 7) is 3.17. The molecule has 8 heteroatoms. The van der Waals surface area contributed by atoms with Crippen LogP contribution in [0.25, 0.3) is 21.5 Å². The van der Waals surface area contributed by atoms with Crippen LogP contribution in [0.1, 0.15) is 10.4 Å². The fourth-order valence-electron chi connectivity index (χ4n) is 3.91. The van der Waals surface area contributed by atoms with Crippen molar-refractivity contribution in [2.45, 2.75) is 0 Å². The number of nitrogens with one attached hydrogen (secondary N) is 2. The van der Waals surface area contributed by atoms with Crippen LogP contribution in [0, 0.1) is 0 Å². The molecule has 34 heavy (non-hydrogen) atoms. The van der Waals surface area contributed by atoms with E-state index in [0.717, 1.165) is 34.6 Å². The van der Waals surface area contributed by atoms with Gasteiger partial charge < -0.3 is 15.4 Å². The maximum absolute atomic E-state index is 13.2. The summed E-state index contributed by atoms with van der Waals surface area (Å²) in [6.07, 6.45) is 0. The molecule has 2 aromatic carbocycles. The van der Waals surface area contributed by atoms with Crippen LogP contribution in [0.3, 0.4) is 0 Å². The van der Waals surface area contributed by atoms with E-state index in [9.17, 15) is 9.59 Å². The van der Waals surface area contributed by atoms with E-state index < -0.39 is 0 Å². The third kappa shape index (κ3) is 5.14. The number of thiophene rings is 1. The van der Waals surface area contributed by atoms with E-state index in [1.807, 2.05) is 47.8 Å². The Morgan fingerprint density at radius 1 is 0.941 bits per heavy atom.